The minimum atomic E-state index is 0.657. The van der Waals surface area contributed by atoms with Crippen molar-refractivity contribution >= 4 is 29.3 Å². The number of furan rings is 1. The summed E-state index contributed by atoms with van der Waals surface area (Å²) in [7, 11) is 0. The topological polar surface area (TPSA) is 42.8 Å². The number of aliphatic imine (C=N–C) groups is 1. The van der Waals surface area contributed by atoms with Gasteiger partial charge < -0.3 is 4.42 Å². The Morgan fingerprint density at radius 3 is 2.74 bits per heavy atom. The van der Waals surface area contributed by atoms with Crippen LogP contribution in [0, 0.1) is 0 Å². The Morgan fingerprint density at radius 1 is 1.04 bits per heavy atom. The average Bonchev–Trinajstić information content (AvgIpc) is 3.21. The molecule has 0 spiro atoms. The molecule has 4 aromatic rings. The van der Waals surface area contributed by atoms with E-state index in [1.807, 2.05) is 65.2 Å². The van der Waals surface area contributed by atoms with Crippen LogP contribution >= 0.6 is 11.6 Å². The molecule has 0 unspecified atom stereocenters. The lowest BCUT2D eigenvalue weighted by Gasteiger charge is -1.99. The van der Waals surface area contributed by atoms with Crippen molar-refractivity contribution in [2.75, 3.05) is 0 Å². The quantitative estimate of drug-likeness (QED) is 0.498. The van der Waals surface area contributed by atoms with Crippen molar-refractivity contribution < 1.29 is 4.42 Å². The number of hydrogen-bond donors (Lipinski definition) is 0. The smallest absolute Gasteiger partial charge is 0.168 e. The van der Waals surface area contributed by atoms with Crippen LogP contribution in [-0.2, 0) is 0 Å². The van der Waals surface area contributed by atoms with Gasteiger partial charge in [-0.15, -0.1) is 0 Å². The van der Waals surface area contributed by atoms with Crippen LogP contribution in [0.1, 0.15) is 5.56 Å². The number of aromatic nitrogens is 2. The first-order valence-electron chi connectivity index (χ1n) is 7.12. The van der Waals surface area contributed by atoms with E-state index in [1.54, 1.807) is 12.5 Å². The Hall–Kier alpha value is -2.85. The lowest BCUT2D eigenvalue weighted by molar-refractivity contribution is 0.580. The molecule has 0 amide bonds. The van der Waals surface area contributed by atoms with E-state index in [0.29, 0.717) is 22.3 Å². The molecule has 5 heteroatoms. The molecule has 0 N–H and O–H groups in total. The predicted octanol–water partition coefficient (Wildman–Crippen LogP) is 5.00. The zero-order valence-corrected chi connectivity index (χ0v) is 12.8. The van der Waals surface area contributed by atoms with Crippen molar-refractivity contribution in [3.05, 3.63) is 77.6 Å². The lowest BCUT2D eigenvalue weighted by atomic mass is 10.2. The van der Waals surface area contributed by atoms with E-state index in [1.165, 1.54) is 0 Å². The first-order chi connectivity index (χ1) is 11.3. The van der Waals surface area contributed by atoms with E-state index < -0.39 is 0 Å². The summed E-state index contributed by atoms with van der Waals surface area (Å²) in [5.41, 5.74) is 2.36. The number of nitrogens with zero attached hydrogens (tertiary/aromatic N) is 3. The molecule has 0 radical (unpaired) electrons. The molecule has 112 valence electrons. The highest BCUT2D eigenvalue weighted by Gasteiger charge is 2.15. The molecule has 3 heterocycles. The fourth-order valence-corrected chi connectivity index (χ4v) is 2.58. The van der Waals surface area contributed by atoms with Crippen LogP contribution < -0.4 is 0 Å². The molecule has 0 fully saturated rings. The van der Waals surface area contributed by atoms with Gasteiger partial charge in [0, 0.05) is 23.0 Å². The van der Waals surface area contributed by atoms with Crippen molar-refractivity contribution in [3.8, 4) is 11.5 Å². The second-order valence-corrected chi connectivity index (χ2v) is 5.38. The van der Waals surface area contributed by atoms with Crippen LogP contribution in [0.3, 0.4) is 0 Å². The lowest BCUT2D eigenvalue weighted by Crippen LogP contribution is -1.85. The maximum atomic E-state index is 6.19. The molecule has 0 atom stereocenters. The Labute approximate surface area is 137 Å². The number of benzene rings is 1. The van der Waals surface area contributed by atoms with Crippen molar-refractivity contribution in [1.82, 2.24) is 9.38 Å². The molecule has 4 nitrogen and oxygen atoms in total. The van der Waals surface area contributed by atoms with Crippen LogP contribution in [0.25, 0.3) is 17.1 Å². The molecule has 1 aromatic carbocycles. The highest BCUT2D eigenvalue weighted by molar-refractivity contribution is 6.33. The maximum absolute atomic E-state index is 6.19. The van der Waals surface area contributed by atoms with Gasteiger partial charge >= 0.3 is 0 Å². The standard InChI is InChI=1S/C18H12ClN3O/c19-14-7-2-1-6-13(14)12-20-18-17(15-8-5-11-23-15)21-16-9-3-4-10-22(16)18/h1-12H. The summed E-state index contributed by atoms with van der Waals surface area (Å²) in [6, 6.07) is 17.1. The molecule has 0 bridgehead atoms. The second-order valence-electron chi connectivity index (χ2n) is 4.97. The highest BCUT2D eigenvalue weighted by Crippen LogP contribution is 2.31. The number of rotatable bonds is 3. The number of imidazole rings is 1. The Bertz CT molecular complexity index is 987. The largest absolute Gasteiger partial charge is 0.463 e. The van der Waals surface area contributed by atoms with Gasteiger partial charge in [-0.2, -0.15) is 0 Å². The maximum Gasteiger partial charge on any atom is 0.168 e. The van der Waals surface area contributed by atoms with Crippen molar-refractivity contribution in [2.24, 2.45) is 4.99 Å². The molecule has 4 rings (SSSR count). The van der Waals surface area contributed by atoms with E-state index in [0.717, 1.165) is 11.2 Å². The van der Waals surface area contributed by atoms with Crippen molar-refractivity contribution in [1.29, 1.82) is 0 Å². The van der Waals surface area contributed by atoms with Crippen molar-refractivity contribution in [3.63, 3.8) is 0 Å². The zero-order valence-electron chi connectivity index (χ0n) is 12.1. The summed E-state index contributed by atoms with van der Waals surface area (Å²) >= 11 is 6.19. The summed E-state index contributed by atoms with van der Waals surface area (Å²) in [6.07, 6.45) is 5.29. The highest BCUT2D eigenvalue weighted by atomic mass is 35.5. The van der Waals surface area contributed by atoms with Gasteiger partial charge in [0.1, 0.15) is 5.65 Å². The summed E-state index contributed by atoms with van der Waals surface area (Å²) in [5.74, 6) is 1.38. The molecule has 0 aliphatic heterocycles. The van der Waals surface area contributed by atoms with Gasteiger partial charge in [-0.1, -0.05) is 35.9 Å². The summed E-state index contributed by atoms with van der Waals surface area (Å²) in [4.78, 5) is 9.22. The first kappa shape index (κ1) is 13.8. The van der Waals surface area contributed by atoms with Gasteiger partial charge in [0.05, 0.1) is 6.26 Å². The van der Waals surface area contributed by atoms with E-state index in [-0.39, 0.29) is 0 Å². The molecular formula is C18H12ClN3O. The average molecular weight is 322 g/mol. The molecule has 0 saturated carbocycles. The van der Waals surface area contributed by atoms with Gasteiger partial charge in [0.15, 0.2) is 17.3 Å². The van der Waals surface area contributed by atoms with E-state index in [2.05, 4.69) is 9.98 Å². The third-order valence-corrected chi connectivity index (χ3v) is 3.83. The fraction of sp³-hybridized carbons (Fsp3) is 0. The summed E-state index contributed by atoms with van der Waals surface area (Å²) < 4.78 is 7.41. The fourth-order valence-electron chi connectivity index (χ4n) is 2.40. The van der Waals surface area contributed by atoms with Crippen molar-refractivity contribution in [2.45, 2.75) is 0 Å². The Kier molecular flexibility index (Phi) is 3.44. The summed E-state index contributed by atoms with van der Waals surface area (Å²) in [6.45, 7) is 0. The molecule has 0 aliphatic rings. The van der Waals surface area contributed by atoms with E-state index >= 15 is 0 Å². The third-order valence-electron chi connectivity index (χ3n) is 3.49. The molecule has 3 aromatic heterocycles. The molecular weight excluding hydrogens is 310 g/mol. The van der Waals surface area contributed by atoms with Crippen LogP contribution in [0.4, 0.5) is 5.82 Å². The summed E-state index contributed by atoms with van der Waals surface area (Å²) in [5, 5.41) is 0.657. The molecule has 0 saturated heterocycles. The minimum Gasteiger partial charge on any atom is -0.463 e. The number of hydrogen-bond acceptors (Lipinski definition) is 3. The number of pyridine rings is 1. The van der Waals surface area contributed by atoms with Crippen LogP contribution in [0.5, 0.6) is 0 Å². The third kappa shape index (κ3) is 2.53. The van der Waals surface area contributed by atoms with Gasteiger partial charge in [0.2, 0.25) is 0 Å². The number of halogens is 1. The van der Waals surface area contributed by atoms with Crippen LogP contribution in [-0.4, -0.2) is 15.6 Å². The zero-order chi connectivity index (χ0) is 15.6. The van der Waals surface area contributed by atoms with E-state index in [4.69, 9.17) is 16.0 Å². The van der Waals surface area contributed by atoms with Gasteiger partial charge in [-0.25, -0.2) is 9.98 Å². The molecule has 0 aliphatic carbocycles. The second kappa shape index (κ2) is 5.74. The first-order valence-corrected chi connectivity index (χ1v) is 7.50. The Morgan fingerprint density at radius 2 is 1.91 bits per heavy atom. The Balaban J connectivity index is 1.88. The van der Waals surface area contributed by atoms with Crippen LogP contribution in [0.15, 0.2) is 76.5 Å². The number of fused-ring (bicyclic) bond motifs is 1. The van der Waals surface area contributed by atoms with Gasteiger partial charge in [-0.3, -0.25) is 4.40 Å². The SMILES string of the molecule is Clc1ccccc1C=Nc1c(-c2ccco2)nc2ccccn12. The normalized spacial score (nSPS) is 11.5. The predicted molar refractivity (Wildman–Crippen MR) is 91.6 cm³/mol. The molecule has 23 heavy (non-hydrogen) atoms. The van der Waals surface area contributed by atoms with Gasteiger partial charge in [0.25, 0.3) is 0 Å². The minimum absolute atomic E-state index is 0.657. The van der Waals surface area contributed by atoms with E-state index in [9.17, 15) is 0 Å². The monoisotopic (exact) mass is 321 g/mol. The van der Waals surface area contributed by atoms with Gasteiger partial charge in [-0.05, 0) is 30.3 Å². The van der Waals surface area contributed by atoms with Crippen LogP contribution in [0.2, 0.25) is 5.02 Å².